The molecule has 0 unspecified atom stereocenters. The molecule has 8 heteroatoms. The van der Waals surface area contributed by atoms with Gasteiger partial charge in [0.05, 0.1) is 13.2 Å². The molecule has 0 saturated heterocycles. The molecule has 0 fully saturated rings. The zero-order chi connectivity index (χ0) is 19.3. The van der Waals surface area contributed by atoms with Crippen LogP contribution in [-0.2, 0) is 38.0 Å². The first-order chi connectivity index (χ1) is 11.9. The number of ether oxygens (including phenoxy) is 7. The van der Waals surface area contributed by atoms with E-state index in [1.54, 1.807) is 27.7 Å². The van der Waals surface area contributed by atoms with Gasteiger partial charge in [-0.1, -0.05) is 6.58 Å². The van der Waals surface area contributed by atoms with Gasteiger partial charge in [0.15, 0.2) is 6.79 Å². The number of esters is 1. The van der Waals surface area contributed by atoms with Crippen LogP contribution in [0.15, 0.2) is 12.2 Å². The van der Waals surface area contributed by atoms with Crippen molar-refractivity contribution in [3.8, 4) is 0 Å². The van der Waals surface area contributed by atoms with E-state index in [9.17, 15) is 4.79 Å². The highest BCUT2D eigenvalue weighted by Crippen LogP contribution is 2.36. The molecule has 0 N–H and O–H groups in total. The zero-order valence-corrected chi connectivity index (χ0v) is 16.2. The molecule has 0 aromatic rings. The van der Waals surface area contributed by atoms with E-state index in [2.05, 4.69) is 6.58 Å². The van der Waals surface area contributed by atoms with Crippen molar-refractivity contribution in [1.82, 2.24) is 0 Å². The van der Waals surface area contributed by atoms with Crippen LogP contribution >= 0.6 is 0 Å². The van der Waals surface area contributed by atoms with Gasteiger partial charge in [0.1, 0.15) is 0 Å². The topological polar surface area (TPSA) is 81.7 Å². The van der Waals surface area contributed by atoms with Gasteiger partial charge in [0, 0.05) is 25.4 Å². The summed E-state index contributed by atoms with van der Waals surface area (Å²) in [4.78, 5) is 12.2. The first-order valence-electron chi connectivity index (χ1n) is 8.54. The fourth-order valence-corrected chi connectivity index (χ4v) is 1.90. The Morgan fingerprint density at radius 2 is 1.20 bits per heavy atom. The van der Waals surface area contributed by atoms with Crippen molar-refractivity contribution in [2.75, 3.05) is 39.8 Å². The van der Waals surface area contributed by atoms with Gasteiger partial charge in [-0.2, -0.15) is 0 Å². The minimum atomic E-state index is -2.09. The molecule has 0 spiro atoms. The van der Waals surface area contributed by atoms with Crippen LogP contribution in [0.25, 0.3) is 0 Å². The third kappa shape index (κ3) is 6.65. The SMILES string of the molecule is C=C(C)C(=O)OC(OCC)(OCC)C(OCC)(OCC)OCOCC. The van der Waals surface area contributed by atoms with Crippen LogP contribution in [0.4, 0.5) is 0 Å². The van der Waals surface area contributed by atoms with Crippen LogP contribution in [-0.4, -0.2) is 57.7 Å². The molecule has 0 heterocycles. The normalized spacial score (nSPS) is 12.2. The Morgan fingerprint density at radius 1 is 0.760 bits per heavy atom. The lowest BCUT2D eigenvalue weighted by Crippen LogP contribution is -2.65. The predicted molar refractivity (Wildman–Crippen MR) is 90.5 cm³/mol. The van der Waals surface area contributed by atoms with E-state index in [1.807, 2.05) is 6.92 Å². The third-order valence-corrected chi connectivity index (χ3v) is 2.82. The molecule has 8 nitrogen and oxygen atoms in total. The minimum absolute atomic E-state index is 0.142. The third-order valence-electron chi connectivity index (χ3n) is 2.82. The van der Waals surface area contributed by atoms with Gasteiger partial charge in [-0.15, -0.1) is 0 Å². The van der Waals surface area contributed by atoms with Crippen LogP contribution in [0, 0.1) is 0 Å². The van der Waals surface area contributed by atoms with Crippen LogP contribution in [0.1, 0.15) is 41.5 Å². The van der Waals surface area contributed by atoms with E-state index in [4.69, 9.17) is 33.2 Å². The van der Waals surface area contributed by atoms with Gasteiger partial charge in [-0.3, -0.25) is 4.74 Å². The van der Waals surface area contributed by atoms with Gasteiger partial charge in [0.2, 0.25) is 0 Å². The summed E-state index contributed by atoms with van der Waals surface area (Å²) in [5.74, 6) is -4.79. The molecule has 0 aliphatic carbocycles. The van der Waals surface area contributed by atoms with E-state index in [0.717, 1.165) is 0 Å². The summed E-state index contributed by atoms with van der Waals surface area (Å²) < 4.78 is 39.1. The smallest absolute Gasteiger partial charge is 0.398 e. The average Bonchev–Trinajstić information content (AvgIpc) is 2.55. The molecule has 0 aromatic heterocycles. The van der Waals surface area contributed by atoms with Crippen molar-refractivity contribution in [3.63, 3.8) is 0 Å². The van der Waals surface area contributed by atoms with Crippen molar-refractivity contribution in [1.29, 1.82) is 0 Å². The molecule has 0 aliphatic rings. The van der Waals surface area contributed by atoms with Gasteiger partial charge in [0.25, 0.3) is 0 Å². The van der Waals surface area contributed by atoms with Crippen molar-refractivity contribution in [2.24, 2.45) is 0 Å². The molecule has 0 aromatic carbocycles. The number of carbonyl (C=O) groups is 1. The molecule has 0 atom stereocenters. The molecule has 148 valence electrons. The summed E-state index contributed by atoms with van der Waals surface area (Å²) in [6, 6.07) is 0. The molecule has 0 amide bonds. The Morgan fingerprint density at radius 3 is 1.56 bits per heavy atom. The maximum absolute atomic E-state index is 12.2. The lowest BCUT2D eigenvalue weighted by atomic mass is 10.3. The van der Waals surface area contributed by atoms with Gasteiger partial charge in [-0.05, 0) is 41.5 Å². The van der Waals surface area contributed by atoms with Crippen molar-refractivity contribution in [3.05, 3.63) is 12.2 Å². The Kier molecular flexibility index (Phi) is 11.8. The molecule has 0 radical (unpaired) electrons. The monoisotopic (exact) mass is 364 g/mol. The maximum atomic E-state index is 12.2. The standard InChI is InChI=1S/C17H32O8/c1-8-19-13-24-16(20-9-2,21-10-3)17(22-11-4,23-12-5)25-15(18)14(6)7/h6,8-13H2,1-5,7H3. The number of hydrogen-bond donors (Lipinski definition) is 0. The van der Waals surface area contributed by atoms with Crippen LogP contribution in [0.5, 0.6) is 0 Å². The lowest BCUT2D eigenvalue weighted by molar-refractivity contribution is -0.555. The van der Waals surface area contributed by atoms with Crippen LogP contribution < -0.4 is 0 Å². The predicted octanol–water partition coefficient (Wildman–Crippen LogP) is 2.57. The fraction of sp³-hybridized carbons (Fsp3) is 0.824. The first-order valence-corrected chi connectivity index (χ1v) is 8.54. The summed E-state index contributed by atoms with van der Waals surface area (Å²) in [6.07, 6.45) is 0. The summed E-state index contributed by atoms with van der Waals surface area (Å²) in [7, 11) is 0. The summed E-state index contributed by atoms with van der Waals surface area (Å²) in [6.45, 7) is 14.7. The largest absolute Gasteiger partial charge is 0.417 e. The number of hydrogen-bond acceptors (Lipinski definition) is 8. The van der Waals surface area contributed by atoms with E-state index < -0.39 is 17.9 Å². The summed E-state index contributed by atoms with van der Waals surface area (Å²) in [5.41, 5.74) is 0.162. The molecule has 0 saturated carbocycles. The van der Waals surface area contributed by atoms with Crippen molar-refractivity contribution in [2.45, 2.75) is 53.5 Å². The number of carbonyl (C=O) groups excluding carboxylic acids is 1. The van der Waals surface area contributed by atoms with Crippen LogP contribution in [0.2, 0.25) is 0 Å². The molecule has 0 aliphatic heterocycles. The number of rotatable bonds is 15. The summed E-state index contributed by atoms with van der Waals surface area (Å²) >= 11 is 0. The van der Waals surface area contributed by atoms with Gasteiger partial charge >= 0.3 is 17.9 Å². The minimum Gasteiger partial charge on any atom is -0.398 e. The molecule has 0 bridgehead atoms. The van der Waals surface area contributed by atoms with Crippen molar-refractivity contribution < 1.29 is 38.0 Å². The second kappa shape index (κ2) is 12.3. The Bertz CT molecular complexity index is 384. The lowest BCUT2D eigenvalue weighted by Gasteiger charge is -2.44. The molecule has 25 heavy (non-hydrogen) atoms. The Labute approximate surface area is 150 Å². The highest BCUT2D eigenvalue weighted by Gasteiger charge is 2.63. The van der Waals surface area contributed by atoms with Gasteiger partial charge in [-0.25, -0.2) is 4.79 Å². The molecular weight excluding hydrogens is 332 g/mol. The molecular formula is C17H32O8. The van der Waals surface area contributed by atoms with Crippen LogP contribution in [0.3, 0.4) is 0 Å². The Hall–Kier alpha value is -1.03. The zero-order valence-electron chi connectivity index (χ0n) is 16.2. The maximum Gasteiger partial charge on any atom is 0.417 e. The first kappa shape index (κ1) is 24.0. The van der Waals surface area contributed by atoms with Gasteiger partial charge < -0.3 is 28.4 Å². The second-order valence-electron chi connectivity index (χ2n) is 4.77. The highest BCUT2D eigenvalue weighted by molar-refractivity contribution is 5.87. The van der Waals surface area contributed by atoms with E-state index in [1.165, 1.54) is 6.92 Å². The second-order valence-corrected chi connectivity index (χ2v) is 4.77. The van der Waals surface area contributed by atoms with Crippen molar-refractivity contribution >= 4 is 5.97 Å². The van der Waals surface area contributed by atoms with E-state index in [-0.39, 0.29) is 38.8 Å². The fourth-order valence-electron chi connectivity index (χ4n) is 1.90. The average molecular weight is 364 g/mol. The summed E-state index contributed by atoms with van der Waals surface area (Å²) in [5, 5.41) is 0. The molecule has 0 rings (SSSR count). The highest BCUT2D eigenvalue weighted by atomic mass is 17.0. The quantitative estimate of drug-likeness (QED) is 0.190. The van der Waals surface area contributed by atoms with E-state index >= 15 is 0 Å². The Balaban J connectivity index is 6.03. The van der Waals surface area contributed by atoms with E-state index in [0.29, 0.717) is 6.61 Å².